The molecule has 1 amide bonds. The summed E-state index contributed by atoms with van der Waals surface area (Å²) in [6.45, 7) is 2.15. The van der Waals surface area contributed by atoms with Gasteiger partial charge in [-0.15, -0.1) is 11.6 Å². The lowest BCUT2D eigenvalue weighted by Crippen LogP contribution is -2.36. The first-order chi connectivity index (χ1) is 13.3. The summed E-state index contributed by atoms with van der Waals surface area (Å²) in [5.74, 6) is -2.68. The molecular formula is C20H18ClNO6. The van der Waals surface area contributed by atoms with E-state index in [9.17, 15) is 19.2 Å². The van der Waals surface area contributed by atoms with Crippen LogP contribution in [0.5, 0.6) is 0 Å². The highest BCUT2D eigenvalue weighted by Crippen LogP contribution is 2.23. The molecule has 0 unspecified atom stereocenters. The van der Waals surface area contributed by atoms with Crippen molar-refractivity contribution in [2.24, 2.45) is 0 Å². The Balaban J connectivity index is 2.36. The molecule has 7 nitrogen and oxygen atoms in total. The van der Waals surface area contributed by atoms with Crippen molar-refractivity contribution in [2.45, 2.75) is 26.0 Å². The Morgan fingerprint density at radius 2 is 1.57 bits per heavy atom. The van der Waals surface area contributed by atoms with Crippen LogP contribution in [0.25, 0.3) is 0 Å². The van der Waals surface area contributed by atoms with Crippen molar-refractivity contribution in [3.8, 4) is 0 Å². The minimum atomic E-state index is -1.78. The Bertz CT molecular complexity index is 881. The zero-order chi connectivity index (χ0) is 20.7. The highest BCUT2D eigenvalue weighted by atomic mass is 35.5. The molecule has 0 aliphatic heterocycles. The van der Waals surface area contributed by atoms with Crippen molar-refractivity contribution in [1.29, 1.82) is 0 Å². The molecule has 0 spiro atoms. The number of ketones is 1. The molecule has 0 aliphatic rings. The number of ether oxygens (including phenoxy) is 2. The molecule has 2 aromatic rings. The minimum Gasteiger partial charge on any atom is -0.416 e. The van der Waals surface area contributed by atoms with Crippen LogP contribution in [0, 0.1) is 0 Å². The van der Waals surface area contributed by atoms with E-state index in [1.165, 1.54) is 6.07 Å². The number of rotatable bonds is 7. The fourth-order valence-electron chi connectivity index (χ4n) is 2.34. The Morgan fingerprint density at radius 3 is 2.11 bits per heavy atom. The van der Waals surface area contributed by atoms with Gasteiger partial charge in [-0.1, -0.05) is 36.4 Å². The van der Waals surface area contributed by atoms with Crippen LogP contribution in [0.1, 0.15) is 35.3 Å². The van der Waals surface area contributed by atoms with Gasteiger partial charge in [0, 0.05) is 30.9 Å². The molecule has 146 valence electrons. The van der Waals surface area contributed by atoms with Gasteiger partial charge in [0.15, 0.2) is 5.78 Å². The summed E-state index contributed by atoms with van der Waals surface area (Å²) in [5, 5.41) is 2.47. The van der Waals surface area contributed by atoms with Gasteiger partial charge in [-0.25, -0.2) is 0 Å². The first-order valence-electron chi connectivity index (χ1n) is 8.25. The maximum absolute atomic E-state index is 12.9. The smallest absolute Gasteiger partial charge is 0.326 e. The van der Waals surface area contributed by atoms with Gasteiger partial charge in [0.2, 0.25) is 0 Å². The van der Waals surface area contributed by atoms with Gasteiger partial charge in [-0.05, 0) is 17.7 Å². The molecule has 0 atom stereocenters. The number of carbonyl (C=O) groups excluding carboxylic acids is 4. The van der Waals surface area contributed by atoms with E-state index in [2.05, 4.69) is 5.32 Å². The molecule has 2 aromatic carbocycles. The molecule has 2 rings (SSSR count). The number of benzene rings is 2. The van der Waals surface area contributed by atoms with Gasteiger partial charge in [0.25, 0.3) is 0 Å². The van der Waals surface area contributed by atoms with E-state index in [-0.39, 0.29) is 22.9 Å². The second-order valence-electron chi connectivity index (χ2n) is 5.75. The van der Waals surface area contributed by atoms with E-state index in [0.717, 1.165) is 13.8 Å². The van der Waals surface area contributed by atoms with E-state index in [1.807, 2.05) is 0 Å². The summed E-state index contributed by atoms with van der Waals surface area (Å²) in [6.07, 6.45) is -1.78. The third kappa shape index (κ3) is 5.65. The number of amides is 1. The van der Waals surface area contributed by atoms with Crippen molar-refractivity contribution in [3.63, 3.8) is 0 Å². The molecule has 0 aromatic heterocycles. The van der Waals surface area contributed by atoms with Crippen LogP contribution in [0.4, 0.5) is 5.69 Å². The number of hydrogen-bond donors (Lipinski definition) is 1. The number of halogens is 1. The summed E-state index contributed by atoms with van der Waals surface area (Å²) in [7, 11) is 0. The van der Waals surface area contributed by atoms with Crippen molar-refractivity contribution < 1.29 is 28.7 Å². The summed E-state index contributed by atoms with van der Waals surface area (Å²) in [4.78, 5) is 47.7. The zero-order valence-corrected chi connectivity index (χ0v) is 16.0. The van der Waals surface area contributed by atoms with Crippen LogP contribution in [0.3, 0.4) is 0 Å². The second-order valence-corrected chi connectivity index (χ2v) is 6.02. The monoisotopic (exact) mass is 403 g/mol. The van der Waals surface area contributed by atoms with E-state index in [4.69, 9.17) is 21.1 Å². The molecule has 0 saturated heterocycles. The average Bonchev–Trinajstić information content (AvgIpc) is 2.67. The lowest BCUT2D eigenvalue weighted by molar-refractivity contribution is -0.188. The minimum absolute atomic E-state index is 0.164. The van der Waals surface area contributed by atoms with Gasteiger partial charge in [0.05, 0.1) is 5.69 Å². The quantitative estimate of drug-likeness (QED) is 0.330. The summed E-state index contributed by atoms with van der Waals surface area (Å²) in [5.41, 5.74) is 1.45. The van der Waals surface area contributed by atoms with E-state index in [0.29, 0.717) is 11.1 Å². The highest BCUT2D eigenvalue weighted by Gasteiger charge is 2.26. The molecule has 0 radical (unpaired) electrons. The third-order valence-electron chi connectivity index (χ3n) is 3.54. The molecule has 0 bridgehead atoms. The van der Waals surface area contributed by atoms with Gasteiger partial charge in [0.1, 0.15) is 0 Å². The standard InChI is InChI=1S/C20H18ClNO6/c1-12(23)27-20(28-13(2)24)19(26)22-17-9-8-14(11-21)10-16(17)18(25)15-6-4-3-5-7-15/h3-10,20H,11H2,1-2H3,(H,22,26). The van der Waals surface area contributed by atoms with Gasteiger partial charge >= 0.3 is 24.1 Å². The first kappa shape index (κ1) is 21.1. The van der Waals surface area contributed by atoms with Crippen LogP contribution in [0.15, 0.2) is 48.5 Å². The number of nitrogens with one attached hydrogen (secondary N) is 1. The Hall–Kier alpha value is -3.19. The summed E-state index contributed by atoms with van der Waals surface area (Å²) >= 11 is 5.86. The van der Waals surface area contributed by atoms with Crippen molar-refractivity contribution >= 4 is 40.9 Å². The largest absolute Gasteiger partial charge is 0.416 e. The summed E-state index contributed by atoms with van der Waals surface area (Å²) in [6, 6.07) is 13.2. The fraction of sp³-hybridized carbons (Fsp3) is 0.200. The number of alkyl halides is 1. The van der Waals surface area contributed by atoms with E-state index < -0.39 is 24.1 Å². The lowest BCUT2D eigenvalue weighted by atomic mass is 9.99. The predicted molar refractivity (Wildman–Crippen MR) is 102 cm³/mol. The molecular weight excluding hydrogens is 386 g/mol. The lowest BCUT2D eigenvalue weighted by Gasteiger charge is -2.17. The molecule has 0 aliphatic carbocycles. The number of anilines is 1. The van der Waals surface area contributed by atoms with Crippen LogP contribution in [-0.4, -0.2) is 29.9 Å². The Labute approximate surface area is 166 Å². The van der Waals surface area contributed by atoms with Gasteiger partial charge in [-0.2, -0.15) is 0 Å². The number of carbonyl (C=O) groups is 4. The number of esters is 2. The SMILES string of the molecule is CC(=O)OC(OC(C)=O)C(=O)Nc1ccc(CCl)cc1C(=O)c1ccccc1. The first-order valence-corrected chi connectivity index (χ1v) is 8.79. The topological polar surface area (TPSA) is 98.8 Å². The highest BCUT2D eigenvalue weighted by molar-refractivity contribution is 6.18. The van der Waals surface area contributed by atoms with Crippen LogP contribution >= 0.6 is 11.6 Å². The number of hydrogen-bond acceptors (Lipinski definition) is 6. The molecule has 28 heavy (non-hydrogen) atoms. The zero-order valence-electron chi connectivity index (χ0n) is 15.2. The molecule has 0 heterocycles. The van der Waals surface area contributed by atoms with Crippen LogP contribution in [-0.2, 0) is 29.7 Å². The predicted octanol–water partition coefficient (Wildman–Crippen LogP) is 3.05. The molecule has 8 heteroatoms. The van der Waals surface area contributed by atoms with Gasteiger partial charge in [-0.3, -0.25) is 19.2 Å². The van der Waals surface area contributed by atoms with Crippen molar-refractivity contribution in [2.75, 3.05) is 5.32 Å². The van der Waals surface area contributed by atoms with Gasteiger partial charge < -0.3 is 14.8 Å². The van der Waals surface area contributed by atoms with Crippen LogP contribution in [0.2, 0.25) is 0 Å². The molecule has 1 N–H and O–H groups in total. The third-order valence-corrected chi connectivity index (χ3v) is 3.85. The molecule has 0 fully saturated rings. The van der Waals surface area contributed by atoms with Crippen molar-refractivity contribution in [1.82, 2.24) is 0 Å². The summed E-state index contributed by atoms with van der Waals surface area (Å²) < 4.78 is 9.45. The maximum Gasteiger partial charge on any atom is 0.326 e. The molecule has 0 saturated carbocycles. The fourth-order valence-corrected chi connectivity index (χ4v) is 2.51. The van der Waals surface area contributed by atoms with E-state index >= 15 is 0 Å². The maximum atomic E-state index is 12.9. The normalized spacial score (nSPS) is 10.3. The average molecular weight is 404 g/mol. The Kier molecular flexibility index (Phi) is 7.28. The van der Waals surface area contributed by atoms with E-state index in [1.54, 1.807) is 42.5 Å². The van der Waals surface area contributed by atoms with Crippen molar-refractivity contribution in [3.05, 3.63) is 65.2 Å². The van der Waals surface area contributed by atoms with Crippen LogP contribution < -0.4 is 5.32 Å². The Morgan fingerprint density at radius 1 is 0.964 bits per heavy atom. The second kappa shape index (κ2) is 9.66.